The van der Waals surface area contributed by atoms with Crippen LogP contribution in [0.1, 0.15) is 25.3 Å². The molecule has 1 atom stereocenters. The summed E-state index contributed by atoms with van der Waals surface area (Å²) in [6.07, 6.45) is 1.67. The standard InChI is InChI=1S/C13H19BrN2O/c1-3-5-12(15)13(17)16(2)9-10-6-4-7-11(14)8-10/h4,6-8,12H,3,5,9,15H2,1-2H3/t12-/m1/s1. The first-order valence-electron chi connectivity index (χ1n) is 5.79. The molecule has 1 aromatic rings. The molecule has 0 bridgehead atoms. The lowest BCUT2D eigenvalue weighted by Crippen LogP contribution is -2.41. The van der Waals surface area contributed by atoms with Gasteiger partial charge < -0.3 is 10.6 Å². The number of nitrogens with two attached hydrogens (primary N) is 1. The van der Waals surface area contributed by atoms with Crippen LogP contribution in [0.5, 0.6) is 0 Å². The molecule has 94 valence electrons. The normalized spacial score (nSPS) is 12.2. The smallest absolute Gasteiger partial charge is 0.239 e. The second-order valence-electron chi connectivity index (χ2n) is 4.22. The van der Waals surface area contributed by atoms with Gasteiger partial charge >= 0.3 is 0 Å². The van der Waals surface area contributed by atoms with Gasteiger partial charge in [0.05, 0.1) is 6.04 Å². The Bertz CT molecular complexity index is 381. The van der Waals surface area contributed by atoms with Gasteiger partial charge in [0.1, 0.15) is 0 Å². The number of carbonyl (C=O) groups is 1. The number of halogens is 1. The molecule has 0 aliphatic rings. The number of likely N-dealkylation sites (N-methyl/N-ethyl adjacent to an activating group) is 1. The van der Waals surface area contributed by atoms with Crippen molar-refractivity contribution >= 4 is 21.8 Å². The van der Waals surface area contributed by atoms with E-state index in [2.05, 4.69) is 15.9 Å². The molecule has 0 aliphatic heterocycles. The average molecular weight is 299 g/mol. The van der Waals surface area contributed by atoms with E-state index in [0.717, 1.165) is 22.9 Å². The highest BCUT2D eigenvalue weighted by Gasteiger charge is 2.16. The maximum Gasteiger partial charge on any atom is 0.239 e. The molecule has 0 aliphatic carbocycles. The van der Waals surface area contributed by atoms with E-state index in [1.807, 2.05) is 31.2 Å². The van der Waals surface area contributed by atoms with Gasteiger partial charge in [-0.05, 0) is 24.1 Å². The maximum atomic E-state index is 11.9. The second-order valence-corrected chi connectivity index (χ2v) is 5.14. The molecule has 1 rings (SSSR count). The van der Waals surface area contributed by atoms with E-state index in [0.29, 0.717) is 6.54 Å². The summed E-state index contributed by atoms with van der Waals surface area (Å²) in [4.78, 5) is 13.6. The van der Waals surface area contributed by atoms with E-state index in [1.54, 1.807) is 11.9 Å². The lowest BCUT2D eigenvalue weighted by molar-refractivity contribution is -0.131. The van der Waals surface area contributed by atoms with Crippen molar-refractivity contribution < 1.29 is 4.79 Å². The minimum absolute atomic E-state index is 0.00632. The Balaban J connectivity index is 2.59. The van der Waals surface area contributed by atoms with Gasteiger partial charge in [-0.15, -0.1) is 0 Å². The van der Waals surface area contributed by atoms with Crippen molar-refractivity contribution in [2.75, 3.05) is 7.05 Å². The molecule has 4 heteroatoms. The summed E-state index contributed by atoms with van der Waals surface area (Å²) in [5.41, 5.74) is 6.91. The highest BCUT2D eigenvalue weighted by Crippen LogP contribution is 2.13. The zero-order valence-corrected chi connectivity index (χ0v) is 11.9. The van der Waals surface area contributed by atoms with E-state index in [-0.39, 0.29) is 11.9 Å². The molecule has 0 saturated carbocycles. The molecular formula is C13H19BrN2O. The third kappa shape index (κ3) is 4.48. The molecule has 0 heterocycles. The summed E-state index contributed by atoms with van der Waals surface area (Å²) in [5, 5.41) is 0. The lowest BCUT2D eigenvalue weighted by atomic mass is 10.1. The quantitative estimate of drug-likeness (QED) is 0.908. The Morgan fingerprint density at radius 1 is 1.53 bits per heavy atom. The van der Waals surface area contributed by atoms with Crippen LogP contribution in [-0.4, -0.2) is 23.9 Å². The Hall–Kier alpha value is -0.870. The first kappa shape index (κ1) is 14.2. The van der Waals surface area contributed by atoms with Crippen molar-refractivity contribution in [3.63, 3.8) is 0 Å². The van der Waals surface area contributed by atoms with E-state index >= 15 is 0 Å². The van der Waals surface area contributed by atoms with Gasteiger partial charge in [-0.3, -0.25) is 4.79 Å². The highest BCUT2D eigenvalue weighted by atomic mass is 79.9. The van der Waals surface area contributed by atoms with Crippen molar-refractivity contribution in [1.29, 1.82) is 0 Å². The predicted molar refractivity (Wildman–Crippen MR) is 73.5 cm³/mol. The first-order chi connectivity index (χ1) is 8.04. The second kappa shape index (κ2) is 6.77. The lowest BCUT2D eigenvalue weighted by Gasteiger charge is -2.21. The summed E-state index contributed by atoms with van der Waals surface area (Å²) in [5.74, 6) is 0.00632. The maximum absolute atomic E-state index is 11.9. The Morgan fingerprint density at radius 3 is 2.82 bits per heavy atom. The Kier molecular flexibility index (Phi) is 5.65. The summed E-state index contributed by atoms with van der Waals surface area (Å²) in [6.45, 7) is 2.62. The molecule has 0 aromatic heterocycles. The number of rotatable bonds is 5. The number of nitrogens with zero attached hydrogens (tertiary/aromatic N) is 1. The van der Waals surface area contributed by atoms with Crippen molar-refractivity contribution in [2.45, 2.75) is 32.4 Å². The van der Waals surface area contributed by atoms with Crippen LogP contribution < -0.4 is 5.73 Å². The fourth-order valence-corrected chi connectivity index (χ4v) is 2.15. The van der Waals surface area contributed by atoms with Crippen LogP contribution in [0.3, 0.4) is 0 Å². The van der Waals surface area contributed by atoms with E-state index < -0.39 is 0 Å². The fourth-order valence-electron chi connectivity index (χ4n) is 1.70. The molecule has 2 N–H and O–H groups in total. The van der Waals surface area contributed by atoms with Crippen molar-refractivity contribution in [1.82, 2.24) is 4.90 Å². The van der Waals surface area contributed by atoms with Crippen molar-refractivity contribution in [3.8, 4) is 0 Å². The van der Waals surface area contributed by atoms with Crippen LogP contribution in [0, 0.1) is 0 Å². The largest absolute Gasteiger partial charge is 0.340 e. The van der Waals surface area contributed by atoms with Crippen LogP contribution >= 0.6 is 15.9 Å². The summed E-state index contributed by atoms with van der Waals surface area (Å²) in [7, 11) is 1.79. The summed E-state index contributed by atoms with van der Waals surface area (Å²) >= 11 is 3.41. The zero-order chi connectivity index (χ0) is 12.8. The molecule has 1 amide bonds. The van der Waals surface area contributed by atoms with Gasteiger partial charge in [-0.1, -0.05) is 41.4 Å². The number of amides is 1. The van der Waals surface area contributed by atoms with Gasteiger partial charge in [0.25, 0.3) is 0 Å². The SMILES string of the molecule is CCC[C@@H](N)C(=O)N(C)Cc1cccc(Br)c1. The van der Waals surface area contributed by atoms with Crippen LogP contribution in [-0.2, 0) is 11.3 Å². The Labute approximate surface area is 111 Å². The monoisotopic (exact) mass is 298 g/mol. The van der Waals surface area contributed by atoms with Gasteiger partial charge in [0, 0.05) is 18.1 Å². The summed E-state index contributed by atoms with van der Waals surface area (Å²) < 4.78 is 1.02. The van der Waals surface area contributed by atoms with Crippen molar-refractivity contribution in [3.05, 3.63) is 34.3 Å². The molecule has 0 fully saturated rings. The zero-order valence-electron chi connectivity index (χ0n) is 10.3. The fraction of sp³-hybridized carbons (Fsp3) is 0.462. The first-order valence-corrected chi connectivity index (χ1v) is 6.59. The molecule has 0 saturated heterocycles. The molecular weight excluding hydrogens is 280 g/mol. The third-order valence-electron chi connectivity index (χ3n) is 2.60. The van der Waals surface area contributed by atoms with Crippen molar-refractivity contribution in [2.24, 2.45) is 5.73 Å². The van der Waals surface area contributed by atoms with E-state index in [1.165, 1.54) is 0 Å². The van der Waals surface area contributed by atoms with E-state index in [4.69, 9.17) is 5.73 Å². The molecule has 3 nitrogen and oxygen atoms in total. The summed E-state index contributed by atoms with van der Waals surface area (Å²) in [6, 6.07) is 7.56. The number of benzene rings is 1. The van der Waals surface area contributed by atoms with Crippen LogP contribution in [0.4, 0.5) is 0 Å². The van der Waals surface area contributed by atoms with Crippen LogP contribution in [0.25, 0.3) is 0 Å². The van der Waals surface area contributed by atoms with Crippen LogP contribution in [0.2, 0.25) is 0 Å². The molecule has 0 spiro atoms. The molecule has 17 heavy (non-hydrogen) atoms. The van der Waals surface area contributed by atoms with E-state index in [9.17, 15) is 4.79 Å². The Morgan fingerprint density at radius 2 is 2.24 bits per heavy atom. The third-order valence-corrected chi connectivity index (χ3v) is 3.10. The van der Waals surface area contributed by atoms with Crippen LogP contribution in [0.15, 0.2) is 28.7 Å². The topological polar surface area (TPSA) is 46.3 Å². The number of hydrogen-bond acceptors (Lipinski definition) is 2. The number of carbonyl (C=O) groups excluding carboxylic acids is 1. The van der Waals surface area contributed by atoms with Gasteiger partial charge in [0.15, 0.2) is 0 Å². The molecule has 0 unspecified atom stereocenters. The average Bonchev–Trinajstić information content (AvgIpc) is 2.28. The number of hydrogen-bond donors (Lipinski definition) is 1. The minimum atomic E-state index is -0.378. The van der Waals surface area contributed by atoms with Gasteiger partial charge in [-0.25, -0.2) is 0 Å². The molecule has 0 radical (unpaired) electrons. The predicted octanol–water partition coefficient (Wildman–Crippen LogP) is 2.53. The van der Waals surface area contributed by atoms with Gasteiger partial charge in [0.2, 0.25) is 5.91 Å². The molecule has 1 aromatic carbocycles. The highest BCUT2D eigenvalue weighted by molar-refractivity contribution is 9.10. The van der Waals surface area contributed by atoms with Gasteiger partial charge in [-0.2, -0.15) is 0 Å². The minimum Gasteiger partial charge on any atom is -0.340 e.